The molecule has 1 aliphatic heterocycles. The summed E-state index contributed by atoms with van der Waals surface area (Å²) in [7, 11) is 0. The molecule has 2 rings (SSSR count). The Morgan fingerprint density at radius 1 is 1.19 bits per heavy atom. The lowest BCUT2D eigenvalue weighted by Crippen LogP contribution is -2.34. The van der Waals surface area contributed by atoms with Crippen LogP contribution in [-0.4, -0.2) is 47.9 Å². The van der Waals surface area contributed by atoms with Gasteiger partial charge in [-0.1, -0.05) is 44.2 Å². The van der Waals surface area contributed by atoms with E-state index < -0.39 is 0 Å². The predicted octanol–water partition coefficient (Wildman–Crippen LogP) is 2.24. The minimum atomic E-state index is -0.0938. The molecule has 4 nitrogen and oxygen atoms in total. The third-order valence-electron chi connectivity index (χ3n) is 4.26. The van der Waals surface area contributed by atoms with Crippen molar-refractivity contribution in [2.75, 3.05) is 26.2 Å². The van der Waals surface area contributed by atoms with Crippen LogP contribution in [0.25, 0.3) is 0 Å². The molecule has 0 radical (unpaired) electrons. The Hall–Kier alpha value is -1.39. The van der Waals surface area contributed by atoms with Crippen LogP contribution in [0.3, 0.4) is 0 Å². The van der Waals surface area contributed by atoms with Gasteiger partial charge in [-0.05, 0) is 38.5 Å². The van der Waals surface area contributed by atoms with Crippen LogP contribution >= 0.6 is 0 Å². The first-order chi connectivity index (χ1) is 10.2. The molecule has 116 valence electrons. The zero-order valence-corrected chi connectivity index (χ0v) is 13.4. The summed E-state index contributed by atoms with van der Waals surface area (Å²) >= 11 is 0. The number of benzene rings is 1. The summed E-state index contributed by atoms with van der Waals surface area (Å²) < 4.78 is 0. The Labute approximate surface area is 128 Å². The molecule has 0 aromatic heterocycles. The van der Waals surface area contributed by atoms with Gasteiger partial charge in [-0.2, -0.15) is 0 Å². The van der Waals surface area contributed by atoms with Gasteiger partial charge < -0.3 is 9.80 Å². The van der Waals surface area contributed by atoms with Gasteiger partial charge in [-0.3, -0.25) is 10.1 Å². The molecule has 1 fully saturated rings. The molecule has 1 N–H and O–H groups in total. The quantitative estimate of drug-likeness (QED) is 0.836. The van der Waals surface area contributed by atoms with E-state index in [9.17, 15) is 4.79 Å². The molecule has 1 aromatic carbocycles. The third-order valence-corrected chi connectivity index (χ3v) is 4.26. The van der Waals surface area contributed by atoms with E-state index in [2.05, 4.69) is 36.2 Å². The van der Waals surface area contributed by atoms with Gasteiger partial charge in [0.15, 0.2) is 0 Å². The summed E-state index contributed by atoms with van der Waals surface area (Å²) in [5, 5.41) is 3.40. The van der Waals surface area contributed by atoms with E-state index in [1.165, 1.54) is 0 Å². The van der Waals surface area contributed by atoms with Crippen molar-refractivity contribution in [3.63, 3.8) is 0 Å². The van der Waals surface area contributed by atoms with Crippen molar-refractivity contribution < 1.29 is 4.79 Å². The van der Waals surface area contributed by atoms with Crippen molar-refractivity contribution in [3.05, 3.63) is 35.9 Å². The van der Waals surface area contributed by atoms with Gasteiger partial charge in [-0.25, -0.2) is 0 Å². The highest BCUT2D eigenvalue weighted by atomic mass is 16.2. The average molecular weight is 289 g/mol. The molecule has 21 heavy (non-hydrogen) atoms. The van der Waals surface area contributed by atoms with E-state index >= 15 is 0 Å². The summed E-state index contributed by atoms with van der Waals surface area (Å²) in [6, 6.07) is 10.1. The summed E-state index contributed by atoms with van der Waals surface area (Å²) in [5.41, 5.74) is 1.16. The number of hydrogen-bond donors (Lipinski definition) is 1. The van der Waals surface area contributed by atoms with Crippen molar-refractivity contribution in [1.82, 2.24) is 15.1 Å². The number of amides is 1. The molecular formula is C17H27N3O. The molecule has 1 saturated heterocycles. The SMILES string of the molecule is CCN(CC)CCCN1C(=O)C(C)NC1c1ccccc1. The first kappa shape index (κ1) is 16.0. The van der Waals surface area contributed by atoms with Crippen LogP contribution in [0.2, 0.25) is 0 Å². The van der Waals surface area contributed by atoms with Crippen molar-refractivity contribution in [2.24, 2.45) is 0 Å². The van der Waals surface area contributed by atoms with Crippen molar-refractivity contribution in [3.8, 4) is 0 Å². The summed E-state index contributed by atoms with van der Waals surface area (Å²) in [5.74, 6) is 0.211. The molecule has 4 heteroatoms. The van der Waals surface area contributed by atoms with Crippen LogP contribution in [0.5, 0.6) is 0 Å². The minimum absolute atomic E-state index is 0.0189. The first-order valence-corrected chi connectivity index (χ1v) is 8.01. The maximum absolute atomic E-state index is 12.4. The van der Waals surface area contributed by atoms with Crippen LogP contribution in [-0.2, 0) is 4.79 Å². The monoisotopic (exact) mass is 289 g/mol. The molecule has 1 heterocycles. The van der Waals surface area contributed by atoms with Crippen LogP contribution in [0.1, 0.15) is 38.9 Å². The highest BCUT2D eigenvalue weighted by Gasteiger charge is 2.36. The Kier molecular flexibility index (Phi) is 5.76. The van der Waals surface area contributed by atoms with Crippen molar-refractivity contribution in [1.29, 1.82) is 0 Å². The predicted molar refractivity (Wildman–Crippen MR) is 85.9 cm³/mol. The molecule has 1 aromatic rings. The van der Waals surface area contributed by atoms with Crippen LogP contribution in [0.15, 0.2) is 30.3 Å². The molecule has 2 unspecified atom stereocenters. The number of nitrogens with zero attached hydrogens (tertiary/aromatic N) is 2. The molecule has 0 bridgehead atoms. The highest BCUT2D eigenvalue weighted by Crippen LogP contribution is 2.25. The lowest BCUT2D eigenvalue weighted by molar-refractivity contribution is -0.129. The number of rotatable bonds is 7. The molecule has 0 aliphatic carbocycles. The Morgan fingerprint density at radius 3 is 2.48 bits per heavy atom. The Bertz CT molecular complexity index is 445. The van der Waals surface area contributed by atoms with Gasteiger partial charge in [0.05, 0.1) is 6.04 Å². The maximum atomic E-state index is 12.4. The van der Waals surface area contributed by atoms with Crippen molar-refractivity contribution in [2.45, 2.75) is 39.4 Å². The number of nitrogens with one attached hydrogen (secondary N) is 1. The number of carbonyl (C=O) groups excluding carboxylic acids is 1. The van der Waals surface area contributed by atoms with Gasteiger partial charge in [0.25, 0.3) is 0 Å². The van der Waals surface area contributed by atoms with Crippen LogP contribution < -0.4 is 5.32 Å². The maximum Gasteiger partial charge on any atom is 0.241 e. The van der Waals surface area contributed by atoms with E-state index in [0.29, 0.717) is 0 Å². The number of carbonyl (C=O) groups is 1. The van der Waals surface area contributed by atoms with E-state index in [-0.39, 0.29) is 18.1 Å². The second-order valence-corrected chi connectivity index (χ2v) is 5.61. The van der Waals surface area contributed by atoms with Crippen LogP contribution in [0, 0.1) is 0 Å². The van der Waals surface area contributed by atoms with E-state index in [0.717, 1.165) is 38.2 Å². The second-order valence-electron chi connectivity index (χ2n) is 5.61. The fourth-order valence-electron chi connectivity index (χ4n) is 2.93. The topological polar surface area (TPSA) is 35.6 Å². The fraction of sp³-hybridized carbons (Fsp3) is 0.588. The lowest BCUT2D eigenvalue weighted by atomic mass is 10.1. The minimum Gasteiger partial charge on any atom is -0.322 e. The van der Waals surface area contributed by atoms with Gasteiger partial charge in [0.2, 0.25) is 5.91 Å². The Morgan fingerprint density at radius 2 is 1.86 bits per heavy atom. The normalized spacial score (nSPS) is 22.3. The Balaban J connectivity index is 1.99. The molecule has 1 aliphatic rings. The smallest absolute Gasteiger partial charge is 0.241 e. The average Bonchev–Trinajstić information content (AvgIpc) is 2.80. The van der Waals surface area contributed by atoms with Crippen molar-refractivity contribution >= 4 is 5.91 Å². The van der Waals surface area contributed by atoms with Gasteiger partial charge in [0.1, 0.15) is 6.17 Å². The molecular weight excluding hydrogens is 262 g/mol. The molecule has 0 saturated carbocycles. The van der Waals surface area contributed by atoms with Gasteiger partial charge in [-0.15, -0.1) is 0 Å². The molecule has 2 atom stereocenters. The largest absolute Gasteiger partial charge is 0.322 e. The fourth-order valence-corrected chi connectivity index (χ4v) is 2.93. The standard InChI is InChI=1S/C17H27N3O/c1-4-19(5-2)12-9-13-20-16(18-14(3)17(20)21)15-10-7-6-8-11-15/h6-8,10-11,14,16,18H,4-5,9,12-13H2,1-3H3. The molecule has 0 spiro atoms. The zero-order valence-electron chi connectivity index (χ0n) is 13.4. The summed E-state index contributed by atoms with van der Waals surface area (Å²) in [6.07, 6.45) is 1.04. The first-order valence-electron chi connectivity index (χ1n) is 8.01. The molecule has 1 amide bonds. The second kappa shape index (κ2) is 7.57. The van der Waals surface area contributed by atoms with Gasteiger partial charge >= 0.3 is 0 Å². The van der Waals surface area contributed by atoms with E-state index in [1.54, 1.807) is 0 Å². The highest BCUT2D eigenvalue weighted by molar-refractivity contribution is 5.84. The lowest BCUT2D eigenvalue weighted by Gasteiger charge is -2.26. The number of hydrogen-bond acceptors (Lipinski definition) is 3. The summed E-state index contributed by atoms with van der Waals surface area (Å²) in [4.78, 5) is 16.7. The van der Waals surface area contributed by atoms with Crippen LogP contribution in [0.4, 0.5) is 0 Å². The van der Waals surface area contributed by atoms with E-state index in [4.69, 9.17) is 0 Å². The zero-order chi connectivity index (χ0) is 15.2. The summed E-state index contributed by atoms with van der Waals surface area (Å²) in [6.45, 7) is 10.3. The van der Waals surface area contributed by atoms with Gasteiger partial charge in [0, 0.05) is 6.54 Å². The third kappa shape index (κ3) is 3.83. The van der Waals surface area contributed by atoms with E-state index in [1.807, 2.05) is 30.0 Å².